The first-order valence-electron chi connectivity index (χ1n) is 7.82. The quantitative estimate of drug-likeness (QED) is 0.805. The van der Waals surface area contributed by atoms with Gasteiger partial charge in [-0.05, 0) is 25.3 Å². The van der Waals surface area contributed by atoms with Gasteiger partial charge in [0.2, 0.25) is 0 Å². The number of aromatic amines is 1. The van der Waals surface area contributed by atoms with Crippen LogP contribution in [-0.2, 0) is 6.42 Å². The molecule has 1 atom stereocenters. The molecule has 0 aromatic carbocycles. The highest BCUT2D eigenvalue weighted by molar-refractivity contribution is 7.09. The van der Waals surface area contributed by atoms with Gasteiger partial charge in [-0.3, -0.25) is 0 Å². The lowest BCUT2D eigenvalue weighted by molar-refractivity contribution is 0.505. The number of nitrogens with zero attached hydrogens (tertiary/aromatic N) is 4. The third kappa shape index (κ3) is 2.37. The number of hydrogen-bond donors (Lipinski definition) is 1. The topological polar surface area (TPSA) is 57.7 Å². The zero-order valence-corrected chi connectivity index (χ0v) is 13.4. The van der Waals surface area contributed by atoms with E-state index in [1.807, 2.05) is 6.20 Å². The van der Waals surface area contributed by atoms with Crippen molar-refractivity contribution in [3.8, 4) is 0 Å². The minimum absolute atomic E-state index is 0.517. The molecule has 1 saturated heterocycles. The average molecular weight is 313 g/mol. The van der Waals surface area contributed by atoms with Gasteiger partial charge in [0, 0.05) is 30.6 Å². The van der Waals surface area contributed by atoms with Crippen molar-refractivity contribution in [3.05, 3.63) is 34.7 Å². The number of hydrogen-bond acceptors (Lipinski definition) is 5. The van der Waals surface area contributed by atoms with Crippen LogP contribution in [0.1, 0.15) is 36.4 Å². The zero-order valence-electron chi connectivity index (χ0n) is 12.6. The summed E-state index contributed by atoms with van der Waals surface area (Å²) in [5.41, 5.74) is 2.13. The number of aryl methyl sites for hydroxylation is 1. The van der Waals surface area contributed by atoms with E-state index < -0.39 is 0 Å². The molecule has 0 amide bonds. The van der Waals surface area contributed by atoms with Gasteiger partial charge >= 0.3 is 0 Å². The molecule has 5 nitrogen and oxygen atoms in total. The first kappa shape index (κ1) is 13.7. The van der Waals surface area contributed by atoms with E-state index in [2.05, 4.69) is 38.2 Å². The number of H-pyrrole nitrogens is 1. The molecule has 114 valence electrons. The molecule has 3 aromatic heterocycles. The SMILES string of the molecule is CCc1csc(C2CCCN(c3ncnc4[nH]ccc34)C2)n1. The van der Waals surface area contributed by atoms with Gasteiger partial charge in [-0.25, -0.2) is 15.0 Å². The number of nitrogens with one attached hydrogen (secondary N) is 1. The third-order valence-electron chi connectivity index (χ3n) is 4.33. The fraction of sp³-hybridized carbons (Fsp3) is 0.438. The average Bonchev–Trinajstić information content (AvgIpc) is 3.23. The molecule has 1 N–H and O–H groups in total. The summed E-state index contributed by atoms with van der Waals surface area (Å²) < 4.78 is 0. The second-order valence-electron chi connectivity index (χ2n) is 5.75. The molecule has 4 rings (SSSR count). The van der Waals surface area contributed by atoms with E-state index in [0.717, 1.165) is 36.4 Å². The van der Waals surface area contributed by atoms with E-state index in [4.69, 9.17) is 4.98 Å². The van der Waals surface area contributed by atoms with E-state index in [1.54, 1.807) is 17.7 Å². The van der Waals surface area contributed by atoms with E-state index >= 15 is 0 Å². The lowest BCUT2D eigenvalue weighted by Crippen LogP contribution is -2.35. The number of piperidine rings is 1. The first-order chi connectivity index (χ1) is 10.8. The number of anilines is 1. The molecular formula is C16H19N5S. The Hall–Kier alpha value is -1.95. The van der Waals surface area contributed by atoms with E-state index in [9.17, 15) is 0 Å². The molecule has 1 aliphatic rings. The molecule has 1 unspecified atom stereocenters. The second-order valence-corrected chi connectivity index (χ2v) is 6.64. The van der Waals surface area contributed by atoms with Gasteiger partial charge in [-0.15, -0.1) is 11.3 Å². The molecule has 0 bridgehead atoms. The second kappa shape index (κ2) is 5.68. The summed E-state index contributed by atoms with van der Waals surface area (Å²) in [6.07, 6.45) is 6.99. The maximum absolute atomic E-state index is 4.79. The van der Waals surface area contributed by atoms with Crippen molar-refractivity contribution in [3.63, 3.8) is 0 Å². The Bertz CT molecular complexity index is 778. The minimum Gasteiger partial charge on any atom is -0.355 e. The van der Waals surface area contributed by atoms with Crippen LogP contribution in [0.25, 0.3) is 11.0 Å². The van der Waals surface area contributed by atoms with Crippen molar-refractivity contribution >= 4 is 28.2 Å². The largest absolute Gasteiger partial charge is 0.355 e. The first-order valence-corrected chi connectivity index (χ1v) is 8.70. The van der Waals surface area contributed by atoms with Crippen LogP contribution in [0, 0.1) is 0 Å². The van der Waals surface area contributed by atoms with Crippen LogP contribution in [0.2, 0.25) is 0 Å². The van der Waals surface area contributed by atoms with Gasteiger partial charge in [0.25, 0.3) is 0 Å². The van der Waals surface area contributed by atoms with Crippen molar-refractivity contribution in [1.29, 1.82) is 0 Å². The molecule has 22 heavy (non-hydrogen) atoms. The molecule has 4 heterocycles. The van der Waals surface area contributed by atoms with Crippen molar-refractivity contribution in [2.24, 2.45) is 0 Å². The van der Waals surface area contributed by atoms with Crippen molar-refractivity contribution in [2.75, 3.05) is 18.0 Å². The maximum Gasteiger partial charge on any atom is 0.142 e. The Morgan fingerprint density at radius 3 is 3.23 bits per heavy atom. The summed E-state index contributed by atoms with van der Waals surface area (Å²) >= 11 is 1.81. The number of rotatable bonds is 3. The molecule has 0 aliphatic carbocycles. The highest BCUT2D eigenvalue weighted by Crippen LogP contribution is 2.33. The summed E-state index contributed by atoms with van der Waals surface area (Å²) in [7, 11) is 0. The van der Waals surface area contributed by atoms with Gasteiger partial charge in [0.15, 0.2) is 0 Å². The normalized spacial score (nSPS) is 19.0. The summed E-state index contributed by atoms with van der Waals surface area (Å²) in [5, 5.41) is 4.58. The number of fused-ring (bicyclic) bond motifs is 1. The van der Waals surface area contributed by atoms with E-state index in [1.165, 1.54) is 23.5 Å². The van der Waals surface area contributed by atoms with Gasteiger partial charge in [-0.1, -0.05) is 6.92 Å². The lowest BCUT2D eigenvalue weighted by Gasteiger charge is -2.32. The molecule has 1 fully saturated rings. The summed E-state index contributed by atoms with van der Waals surface area (Å²) in [4.78, 5) is 19.2. The Kier molecular flexibility index (Phi) is 3.54. The zero-order chi connectivity index (χ0) is 14.9. The highest BCUT2D eigenvalue weighted by atomic mass is 32.1. The molecule has 6 heteroatoms. The maximum atomic E-state index is 4.79. The van der Waals surface area contributed by atoms with E-state index in [-0.39, 0.29) is 0 Å². The standard InChI is InChI=1S/C16H19N5S/c1-2-12-9-22-16(20-12)11-4-3-7-21(8-11)15-13-5-6-17-14(13)18-10-19-15/h5-6,9-11H,2-4,7-8H2,1H3,(H,17,18,19). The van der Waals surface area contributed by atoms with Crippen LogP contribution in [0.5, 0.6) is 0 Å². The van der Waals surface area contributed by atoms with Gasteiger partial charge < -0.3 is 9.88 Å². The molecule has 1 aliphatic heterocycles. The fourth-order valence-electron chi connectivity index (χ4n) is 3.15. The third-order valence-corrected chi connectivity index (χ3v) is 5.39. The Labute approximate surface area is 133 Å². The molecule has 3 aromatic rings. The van der Waals surface area contributed by atoms with E-state index in [0.29, 0.717) is 5.92 Å². The summed E-state index contributed by atoms with van der Waals surface area (Å²) in [6, 6.07) is 2.06. The summed E-state index contributed by atoms with van der Waals surface area (Å²) in [5.74, 6) is 1.56. The molecule has 0 spiro atoms. The predicted octanol–water partition coefficient (Wildman–Crippen LogP) is 3.36. The van der Waals surface area contributed by atoms with Crippen LogP contribution in [0.3, 0.4) is 0 Å². The smallest absolute Gasteiger partial charge is 0.142 e. The van der Waals surface area contributed by atoms with Crippen LogP contribution < -0.4 is 4.90 Å². The minimum atomic E-state index is 0.517. The van der Waals surface area contributed by atoms with Crippen LogP contribution in [0.15, 0.2) is 24.0 Å². The Morgan fingerprint density at radius 1 is 1.41 bits per heavy atom. The van der Waals surface area contributed by atoms with Crippen molar-refractivity contribution in [2.45, 2.75) is 32.1 Å². The van der Waals surface area contributed by atoms with Crippen LogP contribution >= 0.6 is 11.3 Å². The highest BCUT2D eigenvalue weighted by Gasteiger charge is 2.25. The molecule has 0 saturated carbocycles. The van der Waals surface area contributed by atoms with Crippen molar-refractivity contribution < 1.29 is 0 Å². The monoisotopic (exact) mass is 313 g/mol. The summed E-state index contributed by atoms with van der Waals surface area (Å²) in [6.45, 7) is 4.21. The number of thiazole rings is 1. The number of aromatic nitrogens is 4. The Morgan fingerprint density at radius 2 is 2.36 bits per heavy atom. The Balaban J connectivity index is 1.62. The van der Waals surface area contributed by atoms with Crippen LogP contribution in [0.4, 0.5) is 5.82 Å². The van der Waals surface area contributed by atoms with Gasteiger partial charge in [0.05, 0.1) is 16.1 Å². The van der Waals surface area contributed by atoms with Gasteiger partial charge in [0.1, 0.15) is 17.8 Å². The van der Waals surface area contributed by atoms with Crippen LogP contribution in [-0.4, -0.2) is 33.0 Å². The lowest BCUT2D eigenvalue weighted by atomic mass is 9.98. The van der Waals surface area contributed by atoms with Crippen molar-refractivity contribution in [1.82, 2.24) is 19.9 Å². The predicted molar refractivity (Wildman–Crippen MR) is 89.6 cm³/mol. The molecular weight excluding hydrogens is 294 g/mol. The van der Waals surface area contributed by atoms with Gasteiger partial charge in [-0.2, -0.15) is 0 Å². The fourth-order valence-corrected chi connectivity index (χ4v) is 4.19. The molecule has 0 radical (unpaired) electrons.